The molecule has 216 valence electrons. The summed E-state index contributed by atoms with van der Waals surface area (Å²) < 4.78 is 0. The van der Waals surface area contributed by atoms with Crippen molar-refractivity contribution in [3.05, 3.63) is 91.0 Å². The molecule has 0 spiro atoms. The van der Waals surface area contributed by atoms with Crippen LogP contribution in [0.15, 0.2) is 91.0 Å². The third-order valence-corrected chi connectivity index (χ3v) is 19.8. The summed E-state index contributed by atoms with van der Waals surface area (Å²) in [4.78, 5) is 0. The summed E-state index contributed by atoms with van der Waals surface area (Å²) in [6.07, 6.45) is 0. The van der Waals surface area contributed by atoms with Gasteiger partial charge in [-0.2, -0.15) is 0 Å². The second-order valence-corrected chi connectivity index (χ2v) is 25.4. The van der Waals surface area contributed by atoms with Crippen LogP contribution in [-0.2, 0) is 0 Å². The fourth-order valence-electron chi connectivity index (χ4n) is 5.63. The summed E-state index contributed by atoms with van der Waals surface area (Å²) in [6.45, 7) is 17.3. The Bertz CT molecular complexity index is 1220. The molecule has 40 heavy (non-hydrogen) atoms. The van der Waals surface area contributed by atoms with Crippen molar-refractivity contribution in [2.45, 2.75) is 68.1 Å². The van der Waals surface area contributed by atoms with Crippen LogP contribution in [0.1, 0.15) is 22.3 Å². The Hall–Kier alpha value is -1.82. The van der Waals surface area contributed by atoms with E-state index in [1.165, 1.54) is 0 Å². The smallest absolute Gasteiger partial charge is 0.0776 e. The molecule has 0 saturated carbocycles. The van der Waals surface area contributed by atoms with Crippen molar-refractivity contribution < 1.29 is 0 Å². The highest BCUT2D eigenvalue weighted by Crippen LogP contribution is 2.08. The molecule has 4 aromatic rings. The summed E-state index contributed by atoms with van der Waals surface area (Å²) in [5.74, 6) is 0. The van der Waals surface area contributed by atoms with Crippen molar-refractivity contribution in [3.8, 4) is 0 Å². The minimum atomic E-state index is -2.49. The third kappa shape index (κ3) is 7.33. The van der Waals surface area contributed by atoms with E-state index in [-0.39, 0.29) is 50.8 Å². The predicted octanol–water partition coefficient (Wildman–Crippen LogP) is 0.886. The Balaban J connectivity index is 0.00000267. The summed E-state index contributed by atoms with van der Waals surface area (Å²) in [7, 11) is -5.14. The van der Waals surface area contributed by atoms with E-state index in [2.05, 4.69) is 137 Å². The maximum atomic E-state index is 2.67. The maximum Gasteiger partial charge on any atom is 0.179 e. The second-order valence-electron chi connectivity index (χ2n) is 11.1. The van der Waals surface area contributed by atoms with Crippen molar-refractivity contribution in [2.24, 2.45) is 0 Å². The average Bonchev–Trinajstić information content (AvgIpc) is 2.93. The van der Waals surface area contributed by atoms with E-state index in [4.69, 9.17) is 0 Å². The molecular weight excluding hydrogens is 577 g/mol. The third-order valence-electron chi connectivity index (χ3n) is 8.05. The van der Waals surface area contributed by atoms with E-state index < -0.39 is 25.7 Å². The first-order valence-electron chi connectivity index (χ1n) is 14.3. The summed E-state index contributed by atoms with van der Waals surface area (Å²) in [5, 5.41) is 14.4. The quantitative estimate of drug-likeness (QED) is 0.190. The molecule has 0 amide bonds. The molecule has 0 radical (unpaired) electrons. The highest BCUT2D eigenvalue weighted by Gasteiger charge is 2.42. The van der Waals surface area contributed by atoms with Gasteiger partial charge < -0.3 is 0 Å². The second kappa shape index (κ2) is 16.0. The van der Waals surface area contributed by atoms with Crippen LogP contribution in [0.4, 0.5) is 0 Å². The lowest BCUT2D eigenvalue weighted by molar-refractivity contribution is 1.70. The van der Waals surface area contributed by atoms with Crippen LogP contribution in [-0.4, -0.2) is 54.2 Å². The molecule has 0 bridgehead atoms. The normalized spacial score (nSPS) is 13.1. The molecule has 0 unspecified atom stereocenters. The molecule has 4 aromatic carbocycles. The first-order valence-corrected chi connectivity index (χ1v) is 28.4. The van der Waals surface area contributed by atoms with Gasteiger partial charge in [0.05, 0.1) is 46.2 Å². The van der Waals surface area contributed by atoms with Gasteiger partial charge in [-0.05, 0) is 20.7 Å². The zero-order chi connectivity index (χ0) is 26.6. The van der Waals surface area contributed by atoms with Gasteiger partial charge in [0.1, 0.15) is 0 Å². The highest BCUT2D eigenvalue weighted by atomic mass is 28.3. The molecule has 0 aliphatic heterocycles. The van der Waals surface area contributed by atoms with Gasteiger partial charge in [-0.25, -0.2) is 0 Å². The zero-order valence-corrected chi connectivity index (χ0v) is 31.5. The Morgan fingerprint density at radius 1 is 0.450 bits per heavy atom. The summed E-state index contributed by atoms with van der Waals surface area (Å²) >= 11 is 0. The molecule has 0 atom stereocenters. The van der Waals surface area contributed by atoms with Crippen LogP contribution in [0, 0.1) is 0 Å². The minimum absolute atomic E-state index is 0. The van der Waals surface area contributed by atoms with Gasteiger partial charge in [0.2, 0.25) is 0 Å². The first kappa shape index (κ1) is 36.2. The number of benzene rings is 4. The molecule has 0 heterocycles. The summed E-state index contributed by atoms with van der Waals surface area (Å²) in [6, 6.07) is 37.5. The van der Waals surface area contributed by atoms with Crippen molar-refractivity contribution in [1.29, 1.82) is 0 Å². The Morgan fingerprint density at radius 3 is 1.05 bits per heavy atom. The van der Waals surface area contributed by atoms with Crippen molar-refractivity contribution >= 4 is 101 Å². The topological polar surface area (TPSA) is 0 Å². The molecule has 0 aromatic heterocycles. The van der Waals surface area contributed by atoms with E-state index in [0.717, 1.165) is 0 Å². The van der Waals surface area contributed by atoms with E-state index >= 15 is 0 Å². The lowest BCUT2D eigenvalue weighted by atomic mass is 10.3. The fourth-order valence-corrected chi connectivity index (χ4v) is 16.2. The SMILES string of the molecule is C.C.C.C[SiH2]c1cccc([Si](c2cccc([SiH2]C)c2)(c2cccc([SiH2]C)c2)c2cc([SiH](C)C)cc([SiH](C)C)c2)c1. The van der Waals surface area contributed by atoms with E-state index in [9.17, 15) is 0 Å². The van der Waals surface area contributed by atoms with Gasteiger partial charge in [0.15, 0.2) is 8.07 Å². The molecule has 0 aliphatic carbocycles. The fraction of sp³-hybridized carbons (Fsp3) is 0.294. The van der Waals surface area contributed by atoms with Gasteiger partial charge in [0, 0.05) is 0 Å². The predicted molar refractivity (Wildman–Crippen MR) is 209 cm³/mol. The number of hydrogen-bond acceptors (Lipinski definition) is 0. The average molecular weight is 633 g/mol. The van der Waals surface area contributed by atoms with Crippen LogP contribution in [0.5, 0.6) is 0 Å². The Kier molecular flexibility index (Phi) is 14.5. The van der Waals surface area contributed by atoms with E-state index in [1.807, 2.05) is 0 Å². The molecule has 6 heteroatoms. The molecule has 0 saturated heterocycles. The van der Waals surface area contributed by atoms with Crippen LogP contribution < -0.4 is 46.7 Å². The molecule has 0 fully saturated rings. The van der Waals surface area contributed by atoms with Gasteiger partial charge in [-0.1, -0.05) is 185 Å². The number of rotatable bonds is 9. The lowest BCUT2D eigenvalue weighted by Crippen LogP contribution is -2.76. The van der Waals surface area contributed by atoms with Gasteiger partial charge in [0.25, 0.3) is 0 Å². The Morgan fingerprint density at radius 2 is 0.775 bits per heavy atom. The highest BCUT2D eigenvalue weighted by molar-refractivity contribution is 7.20. The van der Waals surface area contributed by atoms with Crippen LogP contribution >= 0.6 is 0 Å². The Labute approximate surface area is 258 Å². The van der Waals surface area contributed by atoms with Gasteiger partial charge in [-0.15, -0.1) is 0 Å². The molecule has 4 rings (SSSR count). The van der Waals surface area contributed by atoms with Gasteiger partial charge in [-0.3, -0.25) is 0 Å². The van der Waals surface area contributed by atoms with E-state index in [0.29, 0.717) is 0 Å². The van der Waals surface area contributed by atoms with Crippen molar-refractivity contribution in [1.82, 2.24) is 0 Å². The van der Waals surface area contributed by atoms with Crippen LogP contribution in [0.2, 0.25) is 45.8 Å². The van der Waals surface area contributed by atoms with E-state index in [1.54, 1.807) is 46.7 Å². The molecule has 0 nitrogen and oxygen atoms in total. The minimum Gasteiger partial charge on any atom is -0.0776 e. The maximum absolute atomic E-state index is 2.67. The lowest BCUT2D eigenvalue weighted by Gasteiger charge is -2.36. The largest absolute Gasteiger partial charge is 0.179 e. The van der Waals surface area contributed by atoms with Crippen molar-refractivity contribution in [2.75, 3.05) is 0 Å². The van der Waals surface area contributed by atoms with Crippen molar-refractivity contribution in [3.63, 3.8) is 0 Å². The first-order chi connectivity index (χ1) is 17.8. The standard InChI is InChI=1S/C31H44Si6.3CH4/c1-32-23-11-8-14-28(17-23)37(29-15-9-12-24(18-29)33-2,30-16-10-13-25(19-30)34-3)31-21-26(35(4)5)20-27(22-31)36(6)7;;;/h8-22,35-36H,32-34H2,1-7H3;3*1H4. The molecule has 0 N–H and O–H groups in total. The van der Waals surface area contributed by atoms with Crippen LogP contribution in [0.25, 0.3) is 0 Å². The van der Waals surface area contributed by atoms with Gasteiger partial charge >= 0.3 is 0 Å². The number of hydrogen-bond donors (Lipinski definition) is 0. The zero-order valence-electron chi connectivity index (χ0n) is 23.9. The van der Waals surface area contributed by atoms with Crippen LogP contribution in [0.3, 0.4) is 0 Å². The summed E-state index contributed by atoms with van der Waals surface area (Å²) in [5.41, 5.74) is 0. The monoisotopic (exact) mass is 632 g/mol. The molecular formula is C34H56Si6. The molecule has 0 aliphatic rings.